The summed E-state index contributed by atoms with van der Waals surface area (Å²) in [7, 11) is 5.69. The first kappa shape index (κ1) is 25.9. The quantitative estimate of drug-likeness (QED) is 0.225. The molecule has 1 fully saturated rings. The van der Waals surface area contributed by atoms with Crippen molar-refractivity contribution in [2.45, 2.75) is 19.9 Å². The number of aliphatic imine (C=N–C) groups is 1. The van der Waals surface area contributed by atoms with Crippen LogP contribution in [0.15, 0.2) is 23.2 Å². The molecule has 7 nitrogen and oxygen atoms in total. The minimum Gasteiger partial charge on any atom is -0.491 e. The van der Waals surface area contributed by atoms with E-state index in [2.05, 4.69) is 57.6 Å². The van der Waals surface area contributed by atoms with Gasteiger partial charge in [0.2, 0.25) is 0 Å². The van der Waals surface area contributed by atoms with E-state index in [0.717, 1.165) is 43.5 Å². The fraction of sp³-hybridized carbons (Fsp3) is 0.667. The van der Waals surface area contributed by atoms with Crippen LogP contribution in [0.1, 0.15) is 17.5 Å². The molecule has 0 aliphatic carbocycles. The second-order valence-electron chi connectivity index (χ2n) is 7.30. The summed E-state index contributed by atoms with van der Waals surface area (Å²) in [6, 6.07) is 6.28. The van der Waals surface area contributed by atoms with Crippen LogP contribution in [0.25, 0.3) is 0 Å². The van der Waals surface area contributed by atoms with Gasteiger partial charge < -0.3 is 29.9 Å². The van der Waals surface area contributed by atoms with Gasteiger partial charge in [0.05, 0.1) is 6.61 Å². The second kappa shape index (κ2) is 14.8. The van der Waals surface area contributed by atoms with E-state index >= 15 is 0 Å². The Balaban J connectivity index is 0.00000420. The molecular formula is C21H38IN5O2. The molecule has 1 aromatic carbocycles. The maximum Gasteiger partial charge on any atom is 0.191 e. The zero-order chi connectivity index (χ0) is 20.2. The van der Waals surface area contributed by atoms with Gasteiger partial charge in [0.25, 0.3) is 0 Å². The summed E-state index contributed by atoms with van der Waals surface area (Å²) in [6.45, 7) is 10.4. The minimum absolute atomic E-state index is 0. The van der Waals surface area contributed by atoms with E-state index in [4.69, 9.17) is 9.47 Å². The molecule has 2 rings (SSSR count). The molecule has 0 spiro atoms. The van der Waals surface area contributed by atoms with Crippen molar-refractivity contribution in [1.82, 2.24) is 20.4 Å². The Morgan fingerprint density at radius 1 is 1.14 bits per heavy atom. The van der Waals surface area contributed by atoms with Crippen molar-refractivity contribution in [2.75, 3.05) is 73.7 Å². The van der Waals surface area contributed by atoms with Gasteiger partial charge in [-0.1, -0.05) is 12.1 Å². The van der Waals surface area contributed by atoms with Crippen LogP contribution < -0.4 is 15.4 Å². The molecule has 0 unspecified atom stereocenters. The number of hydrogen-bond donors (Lipinski definition) is 2. The van der Waals surface area contributed by atoms with Crippen LogP contribution in [0.2, 0.25) is 0 Å². The van der Waals surface area contributed by atoms with E-state index in [1.807, 2.05) is 0 Å². The monoisotopic (exact) mass is 519 g/mol. The van der Waals surface area contributed by atoms with Crippen LogP contribution in [0.3, 0.4) is 0 Å². The molecule has 2 N–H and O–H groups in total. The fourth-order valence-electron chi connectivity index (χ4n) is 3.23. The van der Waals surface area contributed by atoms with Gasteiger partial charge in [-0.15, -0.1) is 24.0 Å². The van der Waals surface area contributed by atoms with Gasteiger partial charge in [-0.3, -0.25) is 4.99 Å². The number of benzene rings is 1. The average Bonchev–Trinajstić information content (AvgIpc) is 2.90. The number of ether oxygens (including phenoxy) is 2. The molecule has 0 saturated carbocycles. The molecule has 8 heteroatoms. The molecular weight excluding hydrogens is 481 g/mol. The lowest BCUT2D eigenvalue weighted by Crippen LogP contribution is -2.42. The van der Waals surface area contributed by atoms with Crippen LogP contribution in [0.4, 0.5) is 0 Å². The fourth-order valence-corrected chi connectivity index (χ4v) is 3.23. The Kier molecular flexibility index (Phi) is 13.2. The maximum absolute atomic E-state index is 5.87. The first-order valence-electron chi connectivity index (χ1n) is 10.2. The molecule has 29 heavy (non-hydrogen) atoms. The molecule has 1 aromatic rings. The normalized spacial score (nSPS) is 16.1. The summed E-state index contributed by atoms with van der Waals surface area (Å²) < 4.78 is 11.0. The number of nitrogens with zero attached hydrogens (tertiary/aromatic N) is 3. The Morgan fingerprint density at radius 2 is 1.97 bits per heavy atom. The Hall–Kier alpha value is -1.10. The number of aryl methyl sites for hydroxylation is 1. The lowest BCUT2D eigenvalue weighted by molar-refractivity contribution is 0.145. The number of likely N-dealkylation sites (N-methyl/N-ethyl adjacent to an activating group) is 1. The van der Waals surface area contributed by atoms with Crippen LogP contribution in [-0.4, -0.2) is 89.4 Å². The van der Waals surface area contributed by atoms with Crippen molar-refractivity contribution < 1.29 is 9.47 Å². The first-order valence-corrected chi connectivity index (χ1v) is 10.2. The number of halogens is 1. The van der Waals surface area contributed by atoms with Crippen molar-refractivity contribution in [2.24, 2.45) is 4.99 Å². The molecule has 1 aliphatic heterocycles. The summed E-state index contributed by atoms with van der Waals surface area (Å²) >= 11 is 0. The zero-order valence-corrected chi connectivity index (χ0v) is 20.7. The summed E-state index contributed by atoms with van der Waals surface area (Å²) in [6.07, 6.45) is 1.24. The number of rotatable bonds is 9. The lowest BCUT2D eigenvalue weighted by atomic mass is 10.1. The highest BCUT2D eigenvalue weighted by atomic mass is 127. The molecule has 166 valence electrons. The molecule has 1 aliphatic rings. The van der Waals surface area contributed by atoms with Crippen molar-refractivity contribution in [3.8, 4) is 5.75 Å². The third-order valence-corrected chi connectivity index (χ3v) is 4.97. The molecule has 0 radical (unpaired) electrons. The van der Waals surface area contributed by atoms with Gasteiger partial charge in [-0.25, -0.2) is 0 Å². The van der Waals surface area contributed by atoms with Gasteiger partial charge in [0, 0.05) is 52.4 Å². The first-order chi connectivity index (χ1) is 13.6. The van der Waals surface area contributed by atoms with Gasteiger partial charge in [0.15, 0.2) is 5.96 Å². The molecule has 0 bridgehead atoms. The van der Waals surface area contributed by atoms with Crippen molar-refractivity contribution in [1.29, 1.82) is 0 Å². The summed E-state index contributed by atoms with van der Waals surface area (Å²) in [4.78, 5) is 9.27. The van der Waals surface area contributed by atoms with E-state index < -0.39 is 0 Å². The predicted octanol–water partition coefficient (Wildman–Crippen LogP) is 1.94. The number of hydrogen-bond acceptors (Lipinski definition) is 5. The van der Waals surface area contributed by atoms with E-state index in [1.165, 1.54) is 25.1 Å². The van der Waals surface area contributed by atoms with Gasteiger partial charge in [-0.2, -0.15) is 0 Å². The number of guanidine groups is 1. The zero-order valence-electron chi connectivity index (χ0n) is 18.4. The van der Waals surface area contributed by atoms with Gasteiger partial charge in [0.1, 0.15) is 12.4 Å². The Morgan fingerprint density at radius 3 is 2.72 bits per heavy atom. The van der Waals surface area contributed by atoms with Crippen molar-refractivity contribution in [3.05, 3.63) is 29.3 Å². The van der Waals surface area contributed by atoms with E-state index in [9.17, 15) is 0 Å². The highest BCUT2D eigenvalue weighted by Gasteiger charge is 2.12. The van der Waals surface area contributed by atoms with Crippen molar-refractivity contribution in [3.63, 3.8) is 0 Å². The largest absolute Gasteiger partial charge is 0.491 e. The molecule has 0 atom stereocenters. The third kappa shape index (κ3) is 9.97. The minimum atomic E-state index is 0. The lowest BCUT2D eigenvalue weighted by Gasteiger charge is -2.21. The summed E-state index contributed by atoms with van der Waals surface area (Å²) in [5, 5.41) is 6.82. The van der Waals surface area contributed by atoms with E-state index in [0.29, 0.717) is 19.8 Å². The Labute approximate surface area is 193 Å². The van der Waals surface area contributed by atoms with Crippen LogP contribution in [-0.2, 0) is 11.3 Å². The molecule has 1 heterocycles. The average molecular weight is 519 g/mol. The third-order valence-electron chi connectivity index (χ3n) is 4.97. The molecule has 1 saturated heterocycles. The predicted molar refractivity (Wildman–Crippen MR) is 131 cm³/mol. The number of nitrogens with one attached hydrogen (secondary N) is 2. The van der Waals surface area contributed by atoms with Crippen LogP contribution in [0, 0.1) is 6.92 Å². The van der Waals surface area contributed by atoms with Gasteiger partial charge >= 0.3 is 0 Å². The van der Waals surface area contributed by atoms with Crippen LogP contribution in [0.5, 0.6) is 5.75 Å². The SMILES string of the molecule is CN=C(NCCN1CCCN(C)CC1)NCc1ccc(C)cc1OCCOC.I. The summed E-state index contributed by atoms with van der Waals surface area (Å²) in [5.41, 5.74) is 2.29. The Bertz CT molecular complexity index is 615. The maximum atomic E-state index is 5.87. The summed E-state index contributed by atoms with van der Waals surface area (Å²) in [5.74, 6) is 1.71. The second-order valence-corrected chi connectivity index (χ2v) is 7.30. The van der Waals surface area contributed by atoms with Crippen LogP contribution >= 0.6 is 24.0 Å². The molecule has 0 aromatic heterocycles. The highest BCUT2D eigenvalue weighted by molar-refractivity contribution is 14.0. The number of methoxy groups -OCH3 is 1. The topological polar surface area (TPSA) is 61.4 Å². The van der Waals surface area contributed by atoms with Crippen molar-refractivity contribution >= 4 is 29.9 Å². The molecule has 0 amide bonds. The van der Waals surface area contributed by atoms with Gasteiger partial charge in [-0.05, 0) is 45.1 Å². The highest BCUT2D eigenvalue weighted by Crippen LogP contribution is 2.20. The standard InChI is InChI=1S/C21H37N5O2.HI/c1-18-6-7-19(20(16-18)28-15-14-27-4)17-24-21(22-2)23-8-11-26-10-5-9-25(3)12-13-26;/h6-7,16H,5,8-15,17H2,1-4H3,(H2,22,23,24);1H. The van der Waals surface area contributed by atoms with E-state index in [-0.39, 0.29) is 24.0 Å². The smallest absolute Gasteiger partial charge is 0.191 e. The van der Waals surface area contributed by atoms with E-state index in [1.54, 1.807) is 14.2 Å².